The Kier molecular flexibility index (Phi) is 3.85. The third kappa shape index (κ3) is 2.67. The molecule has 8 rings (SSSR count). The van der Waals surface area contributed by atoms with Crippen molar-refractivity contribution in [1.82, 2.24) is 24.9 Å². The summed E-state index contributed by atoms with van der Waals surface area (Å²) in [4.78, 5) is 19.2. The van der Waals surface area contributed by atoms with Crippen molar-refractivity contribution in [1.29, 1.82) is 0 Å². The highest BCUT2D eigenvalue weighted by molar-refractivity contribution is 5.85. The first-order chi connectivity index (χ1) is 16.0. The highest BCUT2D eigenvalue weighted by atomic mass is 16.5. The summed E-state index contributed by atoms with van der Waals surface area (Å²) < 4.78 is 13.9. The van der Waals surface area contributed by atoms with E-state index >= 15 is 0 Å². The van der Waals surface area contributed by atoms with Gasteiger partial charge in [0.2, 0.25) is 5.91 Å². The molecular weight excluding hydrogens is 418 g/mol. The SMILES string of the molecule is CC1CC23CC(n4cc([C@@H](C)Oc5ccc6ncc7c(c6c5)CCOC7)nn4)(CN2C1=O)C3. The predicted octanol–water partition coefficient (Wildman–Crippen LogP) is 3.15. The lowest BCUT2D eigenvalue weighted by Crippen LogP contribution is -2.51. The van der Waals surface area contributed by atoms with Crippen LogP contribution in [0.2, 0.25) is 0 Å². The van der Waals surface area contributed by atoms with Gasteiger partial charge in [-0.15, -0.1) is 5.10 Å². The summed E-state index contributed by atoms with van der Waals surface area (Å²) in [6, 6.07) is 6.06. The quantitative estimate of drug-likeness (QED) is 0.614. The van der Waals surface area contributed by atoms with Gasteiger partial charge in [0, 0.05) is 29.6 Å². The number of hydrogen-bond acceptors (Lipinski definition) is 6. The Hall–Kier alpha value is -3.00. The Labute approximate surface area is 191 Å². The van der Waals surface area contributed by atoms with Crippen molar-refractivity contribution in [3.8, 4) is 5.75 Å². The number of carbonyl (C=O) groups excluding carboxylic acids is 1. The van der Waals surface area contributed by atoms with Gasteiger partial charge in [-0.1, -0.05) is 12.1 Å². The van der Waals surface area contributed by atoms with Gasteiger partial charge in [0.1, 0.15) is 17.5 Å². The van der Waals surface area contributed by atoms with Crippen LogP contribution in [0.3, 0.4) is 0 Å². The van der Waals surface area contributed by atoms with Crippen molar-refractivity contribution in [3.05, 3.63) is 47.4 Å². The van der Waals surface area contributed by atoms with E-state index in [4.69, 9.17) is 9.47 Å². The molecule has 5 aliphatic rings. The Morgan fingerprint density at radius 1 is 1.27 bits per heavy atom. The lowest BCUT2D eigenvalue weighted by atomic mass is 9.65. The van der Waals surface area contributed by atoms with Crippen LogP contribution in [0.4, 0.5) is 0 Å². The highest BCUT2D eigenvalue weighted by Gasteiger charge is 2.71. The molecular formula is C25H27N5O3. The topological polar surface area (TPSA) is 82.4 Å². The molecule has 1 aromatic carbocycles. The maximum atomic E-state index is 12.5. The first-order valence-corrected chi connectivity index (χ1v) is 11.9. The van der Waals surface area contributed by atoms with E-state index in [1.807, 2.05) is 36.1 Å². The molecule has 8 heteroatoms. The molecule has 1 saturated carbocycles. The Balaban J connectivity index is 1.12. The van der Waals surface area contributed by atoms with E-state index in [0.29, 0.717) is 12.5 Å². The zero-order chi connectivity index (χ0) is 22.4. The van der Waals surface area contributed by atoms with Crippen LogP contribution in [0.15, 0.2) is 30.6 Å². The average molecular weight is 446 g/mol. The second-order valence-corrected chi connectivity index (χ2v) is 10.4. The van der Waals surface area contributed by atoms with Crippen LogP contribution >= 0.6 is 0 Å². The number of amides is 1. The van der Waals surface area contributed by atoms with Crippen LogP contribution in [0.1, 0.15) is 56.0 Å². The maximum Gasteiger partial charge on any atom is 0.226 e. The molecule has 3 saturated heterocycles. The molecule has 6 heterocycles. The first kappa shape index (κ1) is 19.5. The van der Waals surface area contributed by atoms with Crippen LogP contribution in [0, 0.1) is 5.92 Å². The Morgan fingerprint density at radius 2 is 2.15 bits per heavy atom. The van der Waals surface area contributed by atoms with Crippen molar-refractivity contribution in [2.45, 2.75) is 63.3 Å². The number of fused-ring (bicyclic) bond motifs is 3. The van der Waals surface area contributed by atoms with E-state index in [1.54, 1.807) is 0 Å². The number of pyridine rings is 1. The van der Waals surface area contributed by atoms with E-state index in [-0.39, 0.29) is 23.1 Å². The number of carbonyl (C=O) groups is 1. The van der Waals surface area contributed by atoms with Crippen LogP contribution in [0.5, 0.6) is 5.75 Å². The zero-order valence-electron chi connectivity index (χ0n) is 19.0. The fourth-order valence-corrected chi connectivity index (χ4v) is 6.74. The third-order valence-electron chi connectivity index (χ3n) is 8.24. The van der Waals surface area contributed by atoms with Crippen LogP contribution < -0.4 is 4.74 Å². The van der Waals surface area contributed by atoms with Crippen LogP contribution in [0.25, 0.3) is 10.9 Å². The summed E-state index contributed by atoms with van der Waals surface area (Å²) in [6.45, 7) is 6.16. The maximum absolute atomic E-state index is 12.5. The van der Waals surface area contributed by atoms with Crippen molar-refractivity contribution in [2.24, 2.45) is 5.92 Å². The molecule has 1 aliphatic carbocycles. The van der Waals surface area contributed by atoms with E-state index in [2.05, 4.69) is 33.2 Å². The van der Waals surface area contributed by atoms with Crippen molar-refractivity contribution < 1.29 is 14.3 Å². The standard InChI is InChI=1S/C25H27N5O3/c1-15-8-24-12-25(13-24,14-29(24)23(15)31)30-10-22(27-28-30)16(2)33-18-3-4-21-20(7-18)19-5-6-32-11-17(19)9-26-21/h3-4,7,9-10,15-16H,5-6,8,11-14H2,1-2H3/t15?,16-,24?,25?/m1/s1. The minimum atomic E-state index is -0.236. The van der Waals surface area contributed by atoms with Gasteiger partial charge >= 0.3 is 0 Å². The van der Waals surface area contributed by atoms with E-state index in [0.717, 1.165) is 66.7 Å². The van der Waals surface area contributed by atoms with Crippen molar-refractivity contribution in [2.75, 3.05) is 13.2 Å². The fourth-order valence-electron chi connectivity index (χ4n) is 6.74. The van der Waals surface area contributed by atoms with Crippen molar-refractivity contribution in [3.63, 3.8) is 0 Å². The minimum Gasteiger partial charge on any atom is -0.484 e. The molecule has 4 fully saturated rings. The third-order valence-corrected chi connectivity index (χ3v) is 8.24. The molecule has 3 aromatic rings. The highest BCUT2D eigenvalue weighted by Crippen LogP contribution is 2.63. The van der Waals surface area contributed by atoms with E-state index < -0.39 is 0 Å². The van der Waals surface area contributed by atoms with Crippen LogP contribution in [-0.2, 0) is 28.1 Å². The molecule has 1 amide bonds. The molecule has 2 aromatic heterocycles. The van der Waals surface area contributed by atoms with Gasteiger partial charge in [-0.25, -0.2) is 4.68 Å². The lowest BCUT2D eigenvalue weighted by molar-refractivity contribution is -0.131. The number of benzene rings is 1. The molecule has 8 nitrogen and oxygen atoms in total. The second kappa shape index (κ2) is 6.53. The molecule has 4 aliphatic heterocycles. The van der Waals surface area contributed by atoms with Gasteiger partial charge in [0.15, 0.2) is 0 Å². The Bertz CT molecular complexity index is 1290. The number of hydrogen-bond donors (Lipinski definition) is 0. The second-order valence-electron chi connectivity index (χ2n) is 10.4. The molecule has 33 heavy (non-hydrogen) atoms. The monoisotopic (exact) mass is 445 g/mol. The molecule has 1 spiro atoms. The van der Waals surface area contributed by atoms with Gasteiger partial charge in [0.05, 0.1) is 30.5 Å². The average Bonchev–Trinajstić information content (AvgIpc) is 3.53. The smallest absolute Gasteiger partial charge is 0.226 e. The molecule has 0 N–H and O–H groups in total. The normalized spacial score (nSPS) is 30.8. The number of ether oxygens (including phenoxy) is 2. The van der Waals surface area contributed by atoms with Gasteiger partial charge in [-0.2, -0.15) is 0 Å². The fraction of sp³-hybridized carbons (Fsp3) is 0.520. The van der Waals surface area contributed by atoms with Gasteiger partial charge in [-0.3, -0.25) is 9.78 Å². The lowest BCUT2D eigenvalue weighted by Gasteiger charge is -2.45. The summed E-state index contributed by atoms with van der Waals surface area (Å²) >= 11 is 0. The first-order valence-electron chi connectivity index (χ1n) is 11.9. The minimum absolute atomic E-state index is 0.0635. The summed E-state index contributed by atoms with van der Waals surface area (Å²) in [5.74, 6) is 1.25. The number of nitrogens with zero attached hydrogens (tertiary/aromatic N) is 5. The molecule has 2 bridgehead atoms. The summed E-state index contributed by atoms with van der Waals surface area (Å²) in [5, 5.41) is 10.0. The van der Waals surface area contributed by atoms with Gasteiger partial charge < -0.3 is 14.4 Å². The van der Waals surface area contributed by atoms with E-state index in [1.165, 1.54) is 5.56 Å². The van der Waals surface area contributed by atoms with E-state index in [9.17, 15) is 4.79 Å². The molecule has 0 radical (unpaired) electrons. The van der Waals surface area contributed by atoms with Crippen molar-refractivity contribution >= 4 is 16.8 Å². The molecule has 1 unspecified atom stereocenters. The number of aromatic nitrogens is 4. The Morgan fingerprint density at radius 3 is 3.00 bits per heavy atom. The van der Waals surface area contributed by atoms with Crippen LogP contribution in [-0.4, -0.2) is 49.5 Å². The van der Waals surface area contributed by atoms with Gasteiger partial charge in [-0.05, 0) is 61.9 Å². The summed E-state index contributed by atoms with van der Waals surface area (Å²) in [5.41, 5.74) is 4.21. The largest absolute Gasteiger partial charge is 0.484 e. The molecule has 2 atom stereocenters. The van der Waals surface area contributed by atoms with Gasteiger partial charge in [0.25, 0.3) is 0 Å². The summed E-state index contributed by atoms with van der Waals surface area (Å²) in [7, 11) is 0. The summed E-state index contributed by atoms with van der Waals surface area (Å²) in [6.07, 6.45) is 7.53. The zero-order valence-corrected chi connectivity index (χ0v) is 19.0. The molecule has 170 valence electrons. The predicted molar refractivity (Wildman–Crippen MR) is 120 cm³/mol. The number of rotatable bonds is 4.